The first kappa shape index (κ1) is 26.3. The molecule has 1 atom stereocenters. The van der Waals surface area contributed by atoms with E-state index in [2.05, 4.69) is 33.3 Å². The van der Waals surface area contributed by atoms with Gasteiger partial charge in [0.1, 0.15) is 11.4 Å². The minimum atomic E-state index is -0.677. The van der Waals surface area contributed by atoms with E-state index in [9.17, 15) is 9.90 Å². The molecule has 10 nitrogen and oxygen atoms in total. The number of aryl methyl sites for hydroxylation is 1. The third-order valence-electron chi connectivity index (χ3n) is 7.68. The Morgan fingerprint density at radius 1 is 1.08 bits per heavy atom. The number of nitrogens with two attached hydrogens (primary N) is 1. The highest BCUT2D eigenvalue weighted by molar-refractivity contribution is 5.73. The van der Waals surface area contributed by atoms with Gasteiger partial charge in [-0.05, 0) is 68.4 Å². The second-order valence-electron chi connectivity index (χ2n) is 10.2. The van der Waals surface area contributed by atoms with Gasteiger partial charge in [0.05, 0.1) is 42.9 Å². The molecule has 0 amide bonds. The molecule has 0 bridgehead atoms. The molecule has 3 N–H and O–H groups in total. The number of rotatable bonds is 8. The fraction of sp³-hybridized carbons (Fsp3) is 0.379. The number of nitrogens with zero attached hydrogens (tertiary/aromatic N) is 6. The van der Waals surface area contributed by atoms with Gasteiger partial charge < -0.3 is 15.6 Å². The number of ether oxygens (including phenoxy) is 1. The summed E-state index contributed by atoms with van der Waals surface area (Å²) in [7, 11) is 1.64. The Hall–Kier alpha value is -4.34. The second-order valence-corrected chi connectivity index (χ2v) is 10.2. The van der Waals surface area contributed by atoms with Crippen molar-refractivity contribution in [3.8, 4) is 28.4 Å². The van der Waals surface area contributed by atoms with Crippen molar-refractivity contribution in [3.63, 3.8) is 0 Å². The molecule has 1 saturated carbocycles. The molecule has 39 heavy (non-hydrogen) atoms. The minimum absolute atomic E-state index is 0.140. The highest BCUT2D eigenvalue weighted by Gasteiger charge is 2.30. The first-order chi connectivity index (χ1) is 18.8. The molecule has 1 aromatic carbocycles. The Morgan fingerprint density at radius 2 is 1.82 bits per heavy atom. The first-order valence-electron chi connectivity index (χ1n) is 13.2. The van der Waals surface area contributed by atoms with Crippen LogP contribution in [0.3, 0.4) is 0 Å². The smallest absolute Gasteiger partial charge is 0.306 e. The zero-order chi connectivity index (χ0) is 27.5. The molecular formula is C29H33N7O3. The summed E-state index contributed by atoms with van der Waals surface area (Å²) < 4.78 is 7.33. The molecule has 10 heteroatoms. The first-order valence-corrected chi connectivity index (χ1v) is 13.2. The summed E-state index contributed by atoms with van der Waals surface area (Å²) >= 11 is 0. The lowest BCUT2D eigenvalue weighted by Gasteiger charge is -2.30. The quantitative estimate of drug-likeness (QED) is 0.332. The zero-order valence-corrected chi connectivity index (χ0v) is 22.4. The van der Waals surface area contributed by atoms with Gasteiger partial charge in [-0.1, -0.05) is 30.3 Å². The number of methoxy groups -OCH3 is 1. The number of anilines is 1. The van der Waals surface area contributed by atoms with Crippen LogP contribution < -0.4 is 10.5 Å². The fourth-order valence-corrected chi connectivity index (χ4v) is 5.47. The maximum Gasteiger partial charge on any atom is 0.306 e. The molecule has 5 rings (SSSR count). The van der Waals surface area contributed by atoms with E-state index in [1.165, 1.54) is 0 Å². The van der Waals surface area contributed by atoms with E-state index in [1.807, 2.05) is 49.5 Å². The summed E-state index contributed by atoms with van der Waals surface area (Å²) in [5.41, 5.74) is 11.6. The van der Waals surface area contributed by atoms with Crippen LogP contribution in [0.1, 0.15) is 55.5 Å². The van der Waals surface area contributed by atoms with Gasteiger partial charge in [-0.25, -0.2) is 14.6 Å². The Balaban J connectivity index is 1.32. The third-order valence-corrected chi connectivity index (χ3v) is 7.68. The van der Waals surface area contributed by atoms with Crippen LogP contribution in [0, 0.1) is 18.8 Å². The van der Waals surface area contributed by atoms with Crippen LogP contribution in [-0.4, -0.2) is 48.1 Å². The number of aliphatic carboxylic acids is 1. The van der Waals surface area contributed by atoms with E-state index in [4.69, 9.17) is 15.5 Å². The lowest BCUT2D eigenvalue weighted by Crippen LogP contribution is -2.24. The largest absolute Gasteiger partial charge is 0.496 e. The monoisotopic (exact) mass is 527 g/mol. The number of carboxylic acids is 1. The normalized spacial score (nSPS) is 18.0. The van der Waals surface area contributed by atoms with Gasteiger partial charge in [0.2, 0.25) is 5.95 Å². The molecule has 1 fully saturated rings. The van der Waals surface area contributed by atoms with Gasteiger partial charge in [-0.2, -0.15) is 0 Å². The predicted octanol–water partition coefficient (Wildman–Crippen LogP) is 4.74. The third kappa shape index (κ3) is 5.74. The molecule has 0 spiro atoms. The average Bonchev–Trinajstić information content (AvgIpc) is 3.41. The highest BCUT2D eigenvalue weighted by atomic mass is 16.5. The Morgan fingerprint density at radius 3 is 2.56 bits per heavy atom. The fourth-order valence-electron chi connectivity index (χ4n) is 5.47. The SMILES string of the molecule is COc1c(C)cccc1-c1cc(-c2cn(Cc3cccc([C@H](C)C4CCC(C(=O)O)CC4)n3)nn2)nc(N)n1. The molecule has 0 aliphatic heterocycles. The highest BCUT2D eigenvalue weighted by Crippen LogP contribution is 2.38. The van der Waals surface area contributed by atoms with Crippen LogP contribution in [0.5, 0.6) is 5.75 Å². The number of carbonyl (C=O) groups is 1. The number of pyridine rings is 1. The van der Waals surface area contributed by atoms with Gasteiger partial charge in [-0.3, -0.25) is 9.78 Å². The van der Waals surface area contributed by atoms with E-state index in [1.54, 1.807) is 11.8 Å². The number of hydrogen-bond donors (Lipinski definition) is 2. The molecule has 202 valence electrons. The van der Waals surface area contributed by atoms with Crippen molar-refractivity contribution >= 4 is 11.9 Å². The van der Waals surface area contributed by atoms with Crippen LogP contribution in [0.4, 0.5) is 5.95 Å². The van der Waals surface area contributed by atoms with Gasteiger partial charge in [0, 0.05) is 17.2 Å². The van der Waals surface area contributed by atoms with Crippen LogP contribution in [0.15, 0.2) is 48.7 Å². The Kier molecular flexibility index (Phi) is 7.53. The summed E-state index contributed by atoms with van der Waals surface area (Å²) in [4.78, 5) is 25.0. The van der Waals surface area contributed by atoms with Crippen LogP contribution in [-0.2, 0) is 11.3 Å². The number of carboxylic acid groups (broad SMARTS) is 1. The molecule has 0 unspecified atom stereocenters. The molecule has 1 aliphatic carbocycles. The average molecular weight is 528 g/mol. The van der Waals surface area contributed by atoms with Crippen molar-refractivity contribution in [1.29, 1.82) is 0 Å². The number of benzene rings is 1. The molecule has 3 aromatic heterocycles. The van der Waals surface area contributed by atoms with Crippen molar-refractivity contribution in [2.75, 3.05) is 12.8 Å². The lowest BCUT2D eigenvalue weighted by atomic mass is 9.75. The maximum absolute atomic E-state index is 11.3. The number of para-hydroxylation sites is 1. The summed E-state index contributed by atoms with van der Waals surface area (Å²) in [6.07, 6.45) is 5.11. The van der Waals surface area contributed by atoms with Gasteiger partial charge in [0.25, 0.3) is 0 Å². The van der Waals surface area contributed by atoms with Crippen molar-refractivity contribution in [2.45, 2.75) is 52.0 Å². The van der Waals surface area contributed by atoms with Crippen LogP contribution in [0.2, 0.25) is 0 Å². The van der Waals surface area contributed by atoms with Crippen molar-refractivity contribution < 1.29 is 14.6 Å². The summed E-state index contributed by atoms with van der Waals surface area (Å²) in [5.74, 6) is 0.679. The maximum atomic E-state index is 11.3. The summed E-state index contributed by atoms with van der Waals surface area (Å²) in [6.45, 7) is 4.62. The summed E-state index contributed by atoms with van der Waals surface area (Å²) in [6, 6.07) is 13.7. The summed E-state index contributed by atoms with van der Waals surface area (Å²) in [5, 5.41) is 17.9. The van der Waals surface area contributed by atoms with Gasteiger partial charge in [0.15, 0.2) is 0 Å². The standard InChI is InChI=1S/C29H33N7O3/c1-17-6-4-8-22(27(17)39-3)24-14-25(33-29(30)32-24)26-16-36(35-34-26)15-21-7-5-9-23(31-21)18(2)19-10-12-20(13-11-19)28(37)38/h4-9,14,16,18-20H,10-13,15H2,1-3H3,(H,37,38)(H2,30,32,33)/t18-,19?,20?/m1/s1. The number of aromatic nitrogens is 6. The van der Waals surface area contributed by atoms with E-state index in [0.717, 1.165) is 53.9 Å². The van der Waals surface area contributed by atoms with Crippen molar-refractivity contribution in [2.24, 2.45) is 11.8 Å². The molecule has 1 aliphatic rings. The molecule has 3 heterocycles. The Bertz CT molecular complexity index is 1480. The minimum Gasteiger partial charge on any atom is -0.496 e. The van der Waals surface area contributed by atoms with Crippen molar-refractivity contribution in [3.05, 3.63) is 65.6 Å². The van der Waals surface area contributed by atoms with Gasteiger partial charge >= 0.3 is 5.97 Å². The molecule has 0 saturated heterocycles. The second kappa shape index (κ2) is 11.2. The topological polar surface area (TPSA) is 142 Å². The molecule has 0 radical (unpaired) electrons. The Labute approximate surface area is 227 Å². The van der Waals surface area contributed by atoms with Crippen LogP contribution in [0.25, 0.3) is 22.6 Å². The van der Waals surface area contributed by atoms with Crippen LogP contribution >= 0.6 is 0 Å². The van der Waals surface area contributed by atoms with Gasteiger partial charge in [-0.15, -0.1) is 5.10 Å². The van der Waals surface area contributed by atoms with Crippen molar-refractivity contribution in [1.82, 2.24) is 29.9 Å². The lowest BCUT2D eigenvalue weighted by molar-refractivity contribution is -0.143. The van der Waals surface area contributed by atoms with E-state index in [-0.39, 0.29) is 17.8 Å². The van der Waals surface area contributed by atoms with E-state index in [0.29, 0.717) is 29.5 Å². The van der Waals surface area contributed by atoms with E-state index < -0.39 is 5.97 Å². The number of nitrogen functional groups attached to an aromatic ring is 1. The predicted molar refractivity (Wildman–Crippen MR) is 147 cm³/mol. The zero-order valence-electron chi connectivity index (χ0n) is 22.4. The molecular weight excluding hydrogens is 494 g/mol. The number of hydrogen-bond acceptors (Lipinski definition) is 8. The van der Waals surface area contributed by atoms with E-state index >= 15 is 0 Å². The molecule has 4 aromatic rings.